The lowest BCUT2D eigenvalue weighted by atomic mass is 9.99. The number of unbranched alkanes of at least 4 members (excludes halogenated alkanes) is 3. The zero-order chi connectivity index (χ0) is 8.81. The molecule has 0 spiro atoms. The van der Waals surface area contributed by atoms with E-state index in [-0.39, 0.29) is 0 Å². The summed E-state index contributed by atoms with van der Waals surface area (Å²) >= 11 is 5.91. The van der Waals surface area contributed by atoms with Gasteiger partial charge < -0.3 is 0 Å². The SMILES string of the molecule is CCCCCCC1CC=C(Cl)C1. The van der Waals surface area contributed by atoms with Crippen molar-refractivity contribution in [1.82, 2.24) is 0 Å². The molecule has 0 amide bonds. The molecule has 1 aliphatic carbocycles. The summed E-state index contributed by atoms with van der Waals surface area (Å²) in [5, 5.41) is 1.09. The first-order valence-corrected chi connectivity index (χ1v) is 5.55. The molecule has 0 radical (unpaired) electrons. The normalized spacial score (nSPS) is 22.8. The smallest absolute Gasteiger partial charge is 0.0144 e. The van der Waals surface area contributed by atoms with Crippen molar-refractivity contribution in [3.63, 3.8) is 0 Å². The van der Waals surface area contributed by atoms with Gasteiger partial charge in [0, 0.05) is 5.03 Å². The van der Waals surface area contributed by atoms with Gasteiger partial charge in [0.25, 0.3) is 0 Å². The molecule has 0 aromatic carbocycles. The van der Waals surface area contributed by atoms with Crippen molar-refractivity contribution >= 4 is 11.6 Å². The van der Waals surface area contributed by atoms with Crippen LogP contribution in [0.5, 0.6) is 0 Å². The summed E-state index contributed by atoms with van der Waals surface area (Å²) in [5.74, 6) is 0.870. The number of hydrogen-bond acceptors (Lipinski definition) is 0. The van der Waals surface area contributed by atoms with Gasteiger partial charge in [-0.25, -0.2) is 0 Å². The highest BCUT2D eigenvalue weighted by molar-refractivity contribution is 6.29. The first-order chi connectivity index (χ1) is 5.83. The highest BCUT2D eigenvalue weighted by Gasteiger charge is 2.14. The van der Waals surface area contributed by atoms with Gasteiger partial charge in [0.2, 0.25) is 0 Å². The van der Waals surface area contributed by atoms with Gasteiger partial charge in [-0.1, -0.05) is 50.3 Å². The van der Waals surface area contributed by atoms with Gasteiger partial charge in [-0.3, -0.25) is 0 Å². The second kappa shape index (κ2) is 5.64. The summed E-state index contributed by atoms with van der Waals surface area (Å²) in [7, 11) is 0. The van der Waals surface area contributed by atoms with E-state index in [1.54, 1.807) is 0 Å². The third-order valence-corrected chi connectivity index (χ3v) is 2.93. The van der Waals surface area contributed by atoms with Gasteiger partial charge in [-0.2, -0.15) is 0 Å². The van der Waals surface area contributed by atoms with E-state index in [1.807, 2.05) is 0 Å². The van der Waals surface area contributed by atoms with Crippen LogP contribution >= 0.6 is 11.6 Å². The van der Waals surface area contributed by atoms with Gasteiger partial charge in [0.1, 0.15) is 0 Å². The molecule has 0 fully saturated rings. The molecule has 1 heteroatoms. The number of rotatable bonds is 5. The van der Waals surface area contributed by atoms with Crippen LogP contribution in [0.1, 0.15) is 51.9 Å². The van der Waals surface area contributed by atoms with Crippen molar-refractivity contribution in [3.8, 4) is 0 Å². The summed E-state index contributed by atoms with van der Waals surface area (Å²) in [6.45, 7) is 2.26. The molecule has 0 saturated carbocycles. The van der Waals surface area contributed by atoms with Gasteiger partial charge >= 0.3 is 0 Å². The van der Waals surface area contributed by atoms with Crippen LogP contribution in [0.25, 0.3) is 0 Å². The molecule has 0 heterocycles. The second-order valence-electron chi connectivity index (χ2n) is 3.81. The fourth-order valence-corrected chi connectivity index (χ4v) is 2.12. The van der Waals surface area contributed by atoms with E-state index in [4.69, 9.17) is 11.6 Å². The fraction of sp³-hybridized carbons (Fsp3) is 0.818. The first kappa shape index (κ1) is 10.1. The summed E-state index contributed by atoms with van der Waals surface area (Å²) in [5.41, 5.74) is 0. The minimum atomic E-state index is 0.870. The highest BCUT2D eigenvalue weighted by atomic mass is 35.5. The quantitative estimate of drug-likeness (QED) is 0.555. The van der Waals surface area contributed by atoms with Gasteiger partial charge in [0.15, 0.2) is 0 Å². The average molecular weight is 187 g/mol. The summed E-state index contributed by atoms with van der Waals surface area (Å²) in [6.07, 6.45) is 11.5. The van der Waals surface area contributed by atoms with Gasteiger partial charge in [0.05, 0.1) is 0 Å². The largest absolute Gasteiger partial charge is 0.0895 e. The molecule has 70 valence electrons. The van der Waals surface area contributed by atoms with Crippen molar-refractivity contribution < 1.29 is 0 Å². The average Bonchev–Trinajstić information content (AvgIpc) is 2.45. The first-order valence-electron chi connectivity index (χ1n) is 5.17. The molecule has 0 aliphatic heterocycles. The van der Waals surface area contributed by atoms with Crippen molar-refractivity contribution in [2.45, 2.75) is 51.9 Å². The van der Waals surface area contributed by atoms with Crippen molar-refractivity contribution in [1.29, 1.82) is 0 Å². The van der Waals surface area contributed by atoms with Crippen LogP contribution in [-0.4, -0.2) is 0 Å². The maximum atomic E-state index is 5.91. The third-order valence-electron chi connectivity index (χ3n) is 2.62. The molecule has 0 saturated heterocycles. The lowest BCUT2D eigenvalue weighted by Gasteiger charge is -2.07. The van der Waals surface area contributed by atoms with Gasteiger partial charge in [-0.05, 0) is 25.2 Å². The van der Waals surface area contributed by atoms with E-state index in [0.29, 0.717) is 0 Å². The standard InChI is InChI=1S/C11H19Cl/c1-2-3-4-5-6-10-7-8-11(12)9-10/h8,10H,2-7,9H2,1H3. The van der Waals surface area contributed by atoms with Crippen molar-refractivity contribution in [2.75, 3.05) is 0 Å². The summed E-state index contributed by atoms with van der Waals surface area (Å²) < 4.78 is 0. The zero-order valence-electron chi connectivity index (χ0n) is 7.98. The fourth-order valence-electron chi connectivity index (χ4n) is 1.82. The molecule has 0 nitrogen and oxygen atoms in total. The Labute approximate surface area is 81.0 Å². The van der Waals surface area contributed by atoms with Crippen LogP contribution in [0.4, 0.5) is 0 Å². The van der Waals surface area contributed by atoms with Crippen LogP contribution in [0.3, 0.4) is 0 Å². The van der Waals surface area contributed by atoms with E-state index in [2.05, 4.69) is 13.0 Å². The molecule has 1 unspecified atom stereocenters. The lowest BCUT2D eigenvalue weighted by molar-refractivity contribution is 0.478. The molecule has 0 bridgehead atoms. The Kier molecular flexibility index (Phi) is 4.75. The summed E-state index contributed by atoms with van der Waals surface area (Å²) in [6, 6.07) is 0. The third kappa shape index (κ3) is 3.62. The molecule has 1 atom stereocenters. The molecule has 0 aromatic rings. The Morgan fingerprint density at radius 2 is 2.25 bits per heavy atom. The maximum absolute atomic E-state index is 5.91. The summed E-state index contributed by atoms with van der Waals surface area (Å²) in [4.78, 5) is 0. The van der Waals surface area contributed by atoms with Crippen LogP contribution in [-0.2, 0) is 0 Å². The molecule has 0 N–H and O–H groups in total. The van der Waals surface area contributed by atoms with E-state index < -0.39 is 0 Å². The topological polar surface area (TPSA) is 0 Å². The Hall–Kier alpha value is 0.0300. The molecule has 1 rings (SSSR count). The van der Waals surface area contributed by atoms with Crippen molar-refractivity contribution in [2.24, 2.45) is 5.92 Å². The highest BCUT2D eigenvalue weighted by Crippen LogP contribution is 2.31. The molecule has 12 heavy (non-hydrogen) atoms. The van der Waals surface area contributed by atoms with Crippen LogP contribution in [0.15, 0.2) is 11.1 Å². The second-order valence-corrected chi connectivity index (χ2v) is 4.29. The van der Waals surface area contributed by atoms with Crippen LogP contribution in [0, 0.1) is 5.92 Å². The van der Waals surface area contributed by atoms with Crippen LogP contribution < -0.4 is 0 Å². The van der Waals surface area contributed by atoms with Crippen LogP contribution in [0.2, 0.25) is 0 Å². The molecular weight excluding hydrogens is 168 g/mol. The Balaban J connectivity index is 1.95. The monoisotopic (exact) mass is 186 g/mol. The minimum absolute atomic E-state index is 0.870. The van der Waals surface area contributed by atoms with E-state index in [0.717, 1.165) is 17.4 Å². The van der Waals surface area contributed by atoms with E-state index in [1.165, 1.54) is 38.5 Å². The molecular formula is C11H19Cl. The van der Waals surface area contributed by atoms with E-state index in [9.17, 15) is 0 Å². The molecule has 1 aliphatic rings. The van der Waals surface area contributed by atoms with Gasteiger partial charge in [-0.15, -0.1) is 0 Å². The minimum Gasteiger partial charge on any atom is -0.0895 e. The number of allylic oxidation sites excluding steroid dienone is 2. The Morgan fingerprint density at radius 3 is 2.83 bits per heavy atom. The Bertz CT molecular complexity index is 149. The van der Waals surface area contributed by atoms with Crippen molar-refractivity contribution in [3.05, 3.63) is 11.1 Å². The predicted octanol–water partition coefficient (Wildman–Crippen LogP) is 4.49. The molecule has 0 aromatic heterocycles. The zero-order valence-corrected chi connectivity index (χ0v) is 8.74. The Morgan fingerprint density at radius 1 is 1.42 bits per heavy atom. The van der Waals surface area contributed by atoms with E-state index >= 15 is 0 Å². The predicted molar refractivity (Wildman–Crippen MR) is 55.4 cm³/mol. The number of halogens is 1. The number of hydrogen-bond donors (Lipinski definition) is 0. The maximum Gasteiger partial charge on any atom is 0.0144 e. The lowest BCUT2D eigenvalue weighted by Crippen LogP contribution is -1.93.